The second-order valence-corrected chi connectivity index (χ2v) is 5.05. The molecule has 2 nitrogen and oxygen atoms in total. The van der Waals surface area contributed by atoms with Gasteiger partial charge in [-0.15, -0.1) is 18.2 Å². The van der Waals surface area contributed by atoms with E-state index in [-0.39, 0.29) is 5.15 Å². The molecule has 0 unspecified atom stereocenters. The van der Waals surface area contributed by atoms with E-state index < -0.39 is 0 Å². The number of hydrogen-bond acceptors (Lipinski definition) is 3. The Morgan fingerprint density at radius 3 is 2.81 bits per heavy atom. The number of nitrogens with zero attached hydrogens (tertiary/aromatic N) is 1. The van der Waals surface area contributed by atoms with Crippen LogP contribution in [0.25, 0.3) is 0 Å². The van der Waals surface area contributed by atoms with Crippen molar-refractivity contribution >= 4 is 52.4 Å². The molecule has 0 aromatic carbocycles. The van der Waals surface area contributed by atoms with Gasteiger partial charge in [-0.1, -0.05) is 40.7 Å². The Hall–Kier alpha value is -0.270. The van der Waals surface area contributed by atoms with Crippen LogP contribution in [0, 0.1) is 12.3 Å². The first kappa shape index (κ1) is 13.8. The van der Waals surface area contributed by atoms with Gasteiger partial charge < -0.3 is 5.32 Å². The summed E-state index contributed by atoms with van der Waals surface area (Å²) in [5.74, 6) is 4.66. The van der Waals surface area contributed by atoms with Crippen LogP contribution < -0.4 is 5.32 Å². The van der Waals surface area contributed by atoms with E-state index in [0.717, 1.165) is 12.3 Å². The highest BCUT2D eigenvalue weighted by Crippen LogP contribution is 2.28. The molecule has 1 aromatic heterocycles. The fourth-order valence-corrected chi connectivity index (χ4v) is 2.01. The Balaban J connectivity index is 2.48. The number of aromatic nitrogens is 1. The summed E-state index contributed by atoms with van der Waals surface area (Å²) in [5, 5.41) is 4.11. The summed E-state index contributed by atoms with van der Waals surface area (Å²) in [6, 6.07) is 1.56. The Labute approximate surface area is 114 Å². The molecule has 0 fully saturated rings. The molecule has 1 aromatic rings. The average molecular weight is 296 g/mol. The number of terminal acetylenes is 1. The number of hydrogen-bond donors (Lipinski definition) is 1. The third-order valence-electron chi connectivity index (χ3n) is 1.61. The van der Waals surface area contributed by atoms with Crippen LogP contribution >= 0.6 is 46.6 Å². The van der Waals surface area contributed by atoms with Crippen molar-refractivity contribution in [3.8, 4) is 12.3 Å². The van der Waals surface area contributed by atoms with Gasteiger partial charge in [0.15, 0.2) is 0 Å². The summed E-state index contributed by atoms with van der Waals surface area (Å²) in [7, 11) is 0. The molecular weight excluding hydrogens is 287 g/mol. The third kappa shape index (κ3) is 4.31. The van der Waals surface area contributed by atoms with E-state index in [1.54, 1.807) is 17.8 Å². The number of thioether (sulfide) groups is 1. The van der Waals surface area contributed by atoms with Crippen LogP contribution in [-0.2, 0) is 0 Å². The van der Waals surface area contributed by atoms with Crippen LogP contribution in [0.15, 0.2) is 6.07 Å². The van der Waals surface area contributed by atoms with Crippen LogP contribution in [0.1, 0.15) is 0 Å². The molecule has 0 bridgehead atoms. The lowest BCUT2D eigenvalue weighted by Crippen LogP contribution is -2.06. The van der Waals surface area contributed by atoms with Crippen LogP contribution in [-0.4, -0.2) is 23.0 Å². The summed E-state index contributed by atoms with van der Waals surface area (Å²) < 4.78 is 0. The highest BCUT2D eigenvalue weighted by Gasteiger charge is 2.06. The van der Waals surface area contributed by atoms with Gasteiger partial charge in [0.05, 0.1) is 15.8 Å². The predicted molar refractivity (Wildman–Crippen MR) is 73.9 cm³/mol. The normalized spacial score (nSPS) is 9.88. The monoisotopic (exact) mass is 294 g/mol. The van der Waals surface area contributed by atoms with Crippen LogP contribution in [0.3, 0.4) is 0 Å². The van der Waals surface area contributed by atoms with E-state index in [0.29, 0.717) is 21.6 Å². The highest BCUT2D eigenvalue weighted by molar-refractivity contribution is 7.99. The van der Waals surface area contributed by atoms with E-state index in [9.17, 15) is 0 Å². The molecule has 16 heavy (non-hydrogen) atoms. The molecule has 0 saturated carbocycles. The third-order valence-corrected chi connectivity index (χ3v) is 3.44. The molecule has 1 heterocycles. The lowest BCUT2D eigenvalue weighted by Gasteiger charge is -2.07. The molecule has 0 spiro atoms. The van der Waals surface area contributed by atoms with Gasteiger partial charge in [-0.05, 0) is 6.07 Å². The maximum absolute atomic E-state index is 5.93. The first-order valence-electron chi connectivity index (χ1n) is 4.41. The maximum atomic E-state index is 5.93. The second-order valence-electron chi connectivity index (χ2n) is 2.77. The maximum Gasteiger partial charge on any atom is 0.150 e. The number of pyridine rings is 1. The van der Waals surface area contributed by atoms with Gasteiger partial charge >= 0.3 is 0 Å². The molecule has 1 N–H and O–H groups in total. The van der Waals surface area contributed by atoms with Gasteiger partial charge in [0.2, 0.25) is 0 Å². The molecule has 0 radical (unpaired) electrons. The van der Waals surface area contributed by atoms with Gasteiger partial charge in [0.25, 0.3) is 0 Å². The van der Waals surface area contributed by atoms with Gasteiger partial charge in [-0.2, -0.15) is 0 Å². The van der Waals surface area contributed by atoms with E-state index in [4.69, 9.17) is 41.2 Å². The minimum atomic E-state index is 0.241. The van der Waals surface area contributed by atoms with Crippen molar-refractivity contribution < 1.29 is 0 Å². The average Bonchev–Trinajstić information content (AvgIpc) is 2.25. The molecular formula is C10H9Cl3N2S. The van der Waals surface area contributed by atoms with Crippen molar-refractivity contribution in [1.29, 1.82) is 0 Å². The van der Waals surface area contributed by atoms with E-state index in [2.05, 4.69) is 16.2 Å². The van der Waals surface area contributed by atoms with Crippen molar-refractivity contribution in [2.45, 2.75) is 0 Å². The summed E-state index contributed by atoms with van der Waals surface area (Å²) in [6.07, 6.45) is 5.13. The first-order valence-corrected chi connectivity index (χ1v) is 6.70. The molecule has 0 aliphatic rings. The summed E-state index contributed by atoms with van der Waals surface area (Å²) in [4.78, 5) is 4.03. The minimum Gasteiger partial charge on any atom is -0.368 e. The Kier molecular flexibility index (Phi) is 6.15. The summed E-state index contributed by atoms with van der Waals surface area (Å²) >= 11 is 19.1. The second kappa shape index (κ2) is 7.13. The van der Waals surface area contributed by atoms with E-state index in [1.165, 1.54) is 0 Å². The smallest absolute Gasteiger partial charge is 0.150 e. The van der Waals surface area contributed by atoms with Crippen LogP contribution in [0.2, 0.25) is 15.2 Å². The molecule has 0 aliphatic carbocycles. The number of rotatable bonds is 5. The van der Waals surface area contributed by atoms with Crippen molar-refractivity contribution in [1.82, 2.24) is 4.98 Å². The minimum absolute atomic E-state index is 0.241. The molecule has 0 aliphatic heterocycles. The van der Waals surface area contributed by atoms with Crippen molar-refractivity contribution in [2.24, 2.45) is 0 Å². The van der Waals surface area contributed by atoms with Crippen LogP contribution in [0.4, 0.5) is 5.82 Å². The quantitative estimate of drug-likeness (QED) is 0.508. The fourth-order valence-electron chi connectivity index (χ4n) is 0.941. The zero-order valence-corrected chi connectivity index (χ0v) is 11.3. The molecule has 0 saturated heterocycles. The van der Waals surface area contributed by atoms with E-state index in [1.807, 2.05) is 0 Å². The van der Waals surface area contributed by atoms with Gasteiger partial charge in [0, 0.05) is 12.3 Å². The van der Waals surface area contributed by atoms with Crippen molar-refractivity contribution in [3.05, 3.63) is 21.3 Å². The molecule has 86 valence electrons. The lowest BCUT2D eigenvalue weighted by molar-refractivity contribution is 1.17. The largest absolute Gasteiger partial charge is 0.368 e. The van der Waals surface area contributed by atoms with Gasteiger partial charge in [-0.3, -0.25) is 0 Å². The predicted octanol–water partition coefficient (Wildman–Crippen LogP) is 3.82. The number of nitrogens with one attached hydrogen (secondary N) is 1. The molecule has 0 atom stereocenters. The van der Waals surface area contributed by atoms with Crippen LogP contribution in [0.5, 0.6) is 0 Å². The molecule has 0 amide bonds. The van der Waals surface area contributed by atoms with Crippen molar-refractivity contribution in [3.63, 3.8) is 0 Å². The topological polar surface area (TPSA) is 24.9 Å². The van der Waals surface area contributed by atoms with E-state index >= 15 is 0 Å². The highest BCUT2D eigenvalue weighted by atomic mass is 35.5. The zero-order valence-electron chi connectivity index (χ0n) is 8.27. The van der Waals surface area contributed by atoms with Gasteiger partial charge in [-0.25, -0.2) is 4.98 Å². The fraction of sp³-hybridized carbons (Fsp3) is 0.300. The standard InChI is InChI=1S/C10H9Cl3N2S/c1-2-4-16-5-3-14-10-8(12)6-7(11)9(13)15-10/h1,6H,3-5H2,(H,14,15). The van der Waals surface area contributed by atoms with Crippen molar-refractivity contribution in [2.75, 3.05) is 23.4 Å². The van der Waals surface area contributed by atoms with Gasteiger partial charge in [0.1, 0.15) is 11.0 Å². The Morgan fingerprint density at radius 2 is 2.12 bits per heavy atom. The summed E-state index contributed by atoms with van der Waals surface area (Å²) in [6.45, 7) is 0.719. The Morgan fingerprint density at radius 1 is 1.38 bits per heavy atom. The SMILES string of the molecule is C#CCSCCNc1nc(Cl)c(Cl)cc1Cl. The number of anilines is 1. The number of halogens is 3. The Bertz CT molecular complexity index is 404. The summed E-state index contributed by atoms with van der Waals surface area (Å²) in [5.41, 5.74) is 0. The zero-order chi connectivity index (χ0) is 12.0. The first-order chi connectivity index (χ1) is 7.65. The molecule has 1 rings (SSSR count). The molecule has 6 heteroatoms. The lowest BCUT2D eigenvalue weighted by atomic mass is 10.4.